The van der Waals surface area contributed by atoms with Crippen molar-refractivity contribution < 1.29 is 4.74 Å². The number of rotatable bonds is 9. The third-order valence-corrected chi connectivity index (χ3v) is 7.51. The SMILES string of the molecule is C/C(=C/C(C)C)c1ccccc1-c1cc(Oc2ccc(N3CCN(C)CC3)cc2)nc(NSc2cnn(C)c2)n1. The molecule has 0 aliphatic carbocycles. The summed E-state index contributed by atoms with van der Waals surface area (Å²) in [6, 6.07) is 18.5. The third-order valence-electron chi connectivity index (χ3n) is 6.78. The molecule has 1 aliphatic rings. The van der Waals surface area contributed by atoms with Crippen molar-refractivity contribution >= 4 is 29.2 Å². The molecule has 208 valence electrons. The van der Waals surface area contributed by atoms with Gasteiger partial charge in [0.1, 0.15) is 5.75 Å². The molecule has 0 bridgehead atoms. The van der Waals surface area contributed by atoms with Crippen LogP contribution in [0.5, 0.6) is 11.6 Å². The summed E-state index contributed by atoms with van der Waals surface area (Å²) in [5.41, 5.74) is 5.39. The molecule has 1 fully saturated rings. The van der Waals surface area contributed by atoms with Crippen LogP contribution in [0.15, 0.2) is 78.0 Å². The van der Waals surface area contributed by atoms with E-state index in [1.807, 2.05) is 37.5 Å². The Kier molecular flexibility index (Phi) is 8.72. The molecule has 1 N–H and O–H groups in total. The molecule has 0 saturated carbocycles. The lowest BCUT2D eigenvalue weighted by Gasteiger charge is -2.34. The van der Waals surface area contributed by atoms with E-state index in [1.54, 1.807) is 10.9 Å². The molecule has 2 aromatic heterocycles. The predicted molar refractivity (Wildman–Crippen MR) is 165 cm³/mol. The number of likely N-dealkylation sites (N-methyl/N-ethyl adjacent to an activating group) is 1. The normalized spacial score (nSPS) is 14.6. The second-order valence-corrected chi connectivity index (χ2v) is 11.4. The molecule has 5 rings (SSSR count). The summed E-state index contributed by atoms with van der Waals surface area (Å²) in [6.45, 7) is 10.7. The minimum Gasteiger partial charge on any atom is -0.439 e. The molecule has 1 saturated heterocycles. The van der Waals surface area contributed by atoms with E-state index in [0.717, 1.165) is 53.6 Å². The zero-order chi connectivity index (χ0) is 28.1. The Morgan fingerprint density at radius 3 is 2.45 bits per heavy atom. The first-order valence-corrected chi connectivity index (χ1v) is 14.5. The quantitative estimate of drug-likeness (QED) is 0.232. The highest BCUT2D eigenvalue weighted by Gasteiger charge is 2.16. The summed E-state index contributed by atoms with van der Waals surface area (Å²) >= 11 is 1.42. The Balaban J connectivity index is 1.44. The zero-order valence-corrected chi connectivity index (χ0v) is 24.7. The molecule has 0 amide bonds. The van der Waals surface area contributed by atoms with Crippen molar-refractivity contribution in [2.24, 2.45) is 13.0 Å². The predicted octanol–water partition coefficient (Wildman–Crippen LogP) is 6.60. The van der Waals surface area contributed by atoms with Crippen molar-refractivity contribution in [2.45, 2.75) is 25.7 Å². The van der Waals surface area contributed by atoms with Crippen molar-refractivity contribution in [1.82, 2.24) is 24.6 Å². The van der Waals surface area contributed by atoms with Gasteiger partial charge >= 0.3 is 0 Å². The first-order valence-electron chi connectivity index (χ1n) is 13.6. The number of nitrogens with one attached hydrogen (secondary N) is 1. The summed E-state index contributed by atoms with van der Waals surface area (Å²) in [5, 5.41) is 4.24. The summed E-state index contributed by atoms with van der Waals surface area (Å²) in [6.07, 6.45) is 6.02. The van der Waals surface area contributed by atoms with Crippen LogP contribution in [0.4, 0.5) is 11.6 Å². The molecule has 40 heavy (non-hydrogen) atoms. The van der Waals surface area contributed by atoms with Crippen LogP contribution in [0.1, 0.15) is 26.3 Å². The van der Waals surface area contributed by atoms with E-state index in [0.29, 0.717) is 17.7 Å². The number of aromatic nitrogens is 4. The number of allylic oxidation sites excluding steroid dienone is 2. The largest absolute Gasteiger partial charge is 0.439 e. The third kappa shape index (κ3) is 7.03. The van der Waals surface area contributed by atoms with Gasteiger partial charge in [0, 0.05) is 56.7 Å². The Labute approximate surface area is 241 Å². The van der Waals surface area contributed by atoms with Crippen LogP contribution in [0.2, 0.25) is 0 Å². The van der Waals surface area contributed by atoms with E-state index in [9.17, 15) is 0 Å². The molecule has 2 aromatic carbocycles. The second kappa shape index (κ2) is 12.6. The van der Waals surface area contributed by atoms with Crippen molar-refractivity contribution in [3.05, 3.63) is 78.6 Å². The average molecular weight is 556 g/mol. The van der Waals surface area contributed by atoms with Gasteiger partial charge in [0.15, 0.2) is 0 Å². The van der Waals surface area contributed by atoms with Crippen molar-refractivity contribution in [1.29, 1.82) is 0 Å². The molecular formula is C31H37N7OS. The Bertz CT molecular complexity index is 1460. The molecule has 0 unspecified atom stereocenters. The van der Waals surface area contributed by atoms with Gasteiger partial charge in [-0.2, -0.15) is 10.1 Å². The molecule has 0 atom stereocenters. The van der Waals surface area contributed by atoms with E-state index >= 15 is 0 Å². The zero-order valence-electron chi connectivity index (χ0n) is 23.8. The highest BCUT2D eigenvalue weighted by molar-refractivity contribution is 8.00. The van der Waals surface area contributed by atoms with Gasteiger partial charge in [-0.15, -0.1) is 0 Å². The Hall–Kier alpha value is -3.82. The lowest BCUT2D eigenvalue weighted by Crippen LogP contribution is -2.44. The molecule has 8 nitrogen and oxygen atoms in total. The van der Waals surface area contributed by atoms with E-state index in [-0.39, 0.29) is 0 Å². The fourth-order valence-corrected chi connectivity index (χ4v) is 5.37. The Morgan fingerprint density at radius 1 is 1.00 bits per heavy atom. The standard InChI is InChI=1S/C31H37N7OS/c1-22(2)18-23(3)27-8-6-7-9-28(27)29-19-30(34-31(33-29)35-40-26-20-32-37(5)21-26)39-25-12-10-24(11-13-25)38-16-14-36(4)15-17-38/h6-13,18-22H,14-17H2,1-5H3,(H,33,34,35)/b23-18-. The fraction of sp³-hybridized carbons (Fsp3) is 0.323. The van der Waals surface area contributed by atoms with Gasteiger partial charge in [-0.3, -0.25) is 9.40 Å². The van der Waals surface area contributed by atoms with E-state index in [1.165, 1.54) is 23.2 Å². The average Bonchev–Trinajstić information content (AvgIpc) is 3.37. The van der Waals surface area contributed by atoms with Crippen LogP contribution < -0.4 is 14.4 Å². The summed E-state index contributed by atoms with van der Waals surface area (Å²) in [7, 11) is 4.06. The van der Waals surface area contributed by atoms with Gasteiger partial charge in [-0.1, -0.05) is 44.2 Å². The topological polar surface area (TPSA) is 71.3 Å². The van der Waals surface area contributed by atoms with Crippen molar-refractivity contribution in [3.63, 3.8) is 0 Å². The first kappa shape index (κ1) is 27.7. The van der Waals surface area contributed by atoms with Gasteiger partial charge in [-0.05, 0) is 67.2 Å². The minimum absolute atomic E-state index is 0.444. The number of hydrogen-bond acceptors (Lipinski definition) is 8. The van der Waals surface area contributed by atoms with Gasteiger partial charge < -0.3 is 14.5 Å². The summed E-state index contributed by atoms with van der Waals surface area (Å²) in [5.74, 6) is 2.12. The molecule has 4 aromatic rings. The lowest BCUT2D eigenvalue weighted by atomic mass is 9.96. The van der Waals surface area contributed by atoms with Crippen LogP contribution >= 0.6 is 11.9 Å². The van der Waals surface area contributed by atoms with Gasteiger partial charge in [0.25, 0.3) is 0 Å². The first-order chi connectivity index (χ1) is 19.3. The number of aryl methyl sites for hydroxylation is 1. The van der Waals surface area contributed by atoms with Crippen LogP contribution in [-0.2, 0) is 7.05 Å². The fourth-order valence-electron chi connectivity index (χ4n) is 4.77. The number of nitrogens with zero attached hydrogens (tertiary/aromatic N) is 6. The minimum atomic E-state index is 0.444. The molecule has 0 radical (unpaired) electrons. The van der Waals surface area contributed by atoms with Crippen LogP contribution in [0.3, 0.4) is 0 Å². The van der Waals surface area contributed by atoms with Crippen LogP contribution in [-0.4, -0.2) is 57.9 Å². The highest BCUT2D eigenvalue weighted by Crippen LogP contribution is 2.33. The maximum atomic E-state index is 6.30. The molecule has 3 heterocycles. The second-order valence-electron chi connectivity index (χ2n) is 10.5. The van der Waals surface area contributed by atoms with E-state index in [4.69, 9.17) is 14.7 Å². The van der Waals surface area contributed by atoms with Gasteiger partial charge in [0.2, 0.25) is 11.8 Å². The van der Waals surface area contributed by atoms with Crippen molar-refractivity contribution in [3.8, 4) is 22.9 Å². The molecule has 1 aliphatic heterocycles. The van der Waals surface area contributed by atoms with E-state index < -0.39 is 0 Å². The lowest BCUT2D eigenvalue weighted by molar-refractivity contribution is 0.313. The van der Waals surface area contributed by atoms with Gasteiger partial charge in [0.05, 0.1) is 16.8 Å². The molecule has 0 spiro atoms. The smallest absolute Gasteiger partial charge is 0.237 e. The van der Waals surface area contributed by atoms with Gasteiger partial charge in [-0.25, -0.2) is 4.98 Å². The number of hydrogen-bond donors (Lipinski definition) is 1. The highest BCUT2D eigenvalue weighted by atomic mass is 32.2. The van der Waals surface area contributed by atoms with Crippen LogP contribution in [0.25, 0.3) is 16.8 Å². The summed E-state index contributed by atoms with van der Waals surface area (Å²) < 4.78 is 11.4. The summed E-state index contributed by atoms with van der Waals surface area (Å²) in [4.78, 5) is 15.3. The number of anilines is 2. The number of ether oxygens (including phenoxy) is 1. The van der Waals surface area contributed by atoms with Crippen molar-refractivity contribution in [2.75, 3.05) is 42.8 Å². The Morgan fingerprint density at radius 2 is 1.75 bits per heavy atom. The van der Waals surface area contributed by atoms with Crippen LogP contribution in [0, 0.1) is 5.92 Å². The maximum absolute atomic E-state index is 6.30. The maximum Gasteiger partial charge on any atom is 0.237 e. The monoisotopic (exact) mass is 555 g/mol. The van der Waals surface area contributed by atoms with E-state index in [2.05, 4.69) is 83.8 Å². The molecular weight excluding hydrogens is 518 g/mol. The number of benzene rings is 2. The number of piperazine rings is 1. The molecule has 9 heteroatoms.